The molecule has 0 fully saturated rings. The van der Waals surface area contributed by atoms with Crippen molar-refractivity contribution in [1.29, 1.82) is 0 Å². The van der Waals surface area contributed by atoms with E-state index in [-0.39, 0.29) is 0 Å². The average molecular weight is 221 g/mol. The maximum absolute atomic E-state index is 5.47. The minimum absolute atomic E-state index is 0.343. The molecule has 1 unspecified atom stereocenters. The van der Waals surface area contributed by atoms with Crippen molar-refractivity contribution in [2.75, 3.05) is 13.7 Å². The van der Waals surface area contributed by atoms with Crippen molar-refractivity contribution in [2.24, 2.45) is 0 Å². The summed E-state index contributed by atoms with van der Waals surface area (Å²) in [6.45, 7) is 9.66. The van der Waals surface area contributed by atoms with Gasteiger partial charge in [-0.05, 0) is 50.9 Å². The van der Waals surface area contributed by atoms with Crippen molar-refractivity contribution < 1.29 is 4.74 Å². The van der Waals surface area contributed by atoms with E-state index in [1.54, 1.807) is 7.11 Å². The number of rotatable bonds is 5. The van der Waals surface area contributed by atoms with Crippen molar-refractivity contribution in [3.63, 3.8) is 0 Å². The Morgan fingerprint density at radius 3 is 2.56 bits per heavy atom. The first-order valence-electron chi connectivity index (χ1n) is 5.98. The van der Waals surface area contributed by atoms with Crippen LogP contribution in [0.3, 0.4) is 0 Å². The molecule has 90 valence electrons. The lowest BCUT2D eigenvalue weighted by Gasteiger charge is -2.20. The highest BCUT2D eigenvalue weighted by Gasteiger charge is 2.13. The quantitative estimate of drug-likeness (QED) is 0.823. The zero-order chi connectivity index (χ0) is 12.1. The molecular formula is C14H23NO. The van der Waals surface area contributed by atoms with Crippen LogP contribution < -0.4 is 10.1 Å². The zero-order valence-electron chi connectivity index (χ0n) is 11.1. The summed E-state index contributed by atoms with van der Waals surface area (Å²) < 4.78 is 5.47. The van der Waals surface area contributed by atoms with Crippen molar-refractivity contribution >= 4 is 0 Å². The van der Waals surface area contributed by atoms with E-state index >= 15 is 0 Å². The van der Waals surface area contributed by atoms with Crippen molar-refractivity contribution in [1.82, 2.24) is 5.32 Å². The number of aryl methyl sites for hydroxylation is 2. The van der Waals surface area contributed by atoms with Crippen LogP contribution in [0.5, 0.6) is 5.75 Å². The first-order valence-corrected chi connectivity index (χ1v) is 5.98. The van der Waals surface area contributed by atoms with Gasteiger partial charge in [-0.2, -0.15) is 0 Å². The summed E-state index contributed by atoms with van der Waals surface area (Å²) in [6.07, 6.45) is 1.15. The maximum Gasteiger partial charge on any atom is 0.124 e. The first-order chi connectivity index (χ1) is 7.60. The van der Waals surface area contributed by atoms with Crippen LogP contribution in [0.25, 0.3) is 0 Å². The number of methoxy groups -OCH3 is 1. The molecule has 0 aliphatic carbocycles. The molecule has 2 nitrogen and oxygen atoms in total. The first kappa shape index (κ1) is 13.0. The van der Waals surface area contributed by atoms with Crippen molar-refractivity contribution in [3.05, 3.63) is 28.8 Å². The Morgan fingerprint density at radius 1 is 1.31 bits per heavy atom. The van der Waals surface area contributed by atoms with Crippen LogP contribution in [0.4, 0.5) is 0 Å². The highest BCUT2D eigenvalue weighted by molar-refractivity contribution is 5.44. The second kappa shape index (κ2) is 5.90. The molecule has 0 saturated heterocycles. The van der Waals surface area contributed by atoms with Crippen molar-refractivity contribution in [3.8, 4) is 5.75 Å². The number of hydrogen-bond donors (Lipinski definition) is 1. The SMILES string of the molecule is CCCNC(C)c1c(C)cc(C)cc1OC. The van der Waals surface area contributed by atoms with Gasteiger partial charge in [-0.15, -0.1) is 0 Å². The minimum atomic E-state index is 0.343. The minimum Gasteiger partial charge on any atom is -0.496 e. The fourth-order valence-corrected chi connectivity index (χ4v) is 2.13. The molecule has 0 saturated carbocycles. The third-order valence-corrected chi connectivity index (χ3v) is 2.85. The summed E-state index contributed by atoms with van der Waals surface area (Å²) in [5.74, 6) is 0.994. The van der Waals surface area contributed by atoms with Crippen LogP contribution in [0.15, 0.2) is 12.1 Å². The van der Waals surface area contributed by atoms with Crippen LogP contribution in [0.1, 0.15) is 43.0 Å². The summed E-state index contributed by atoms with van der Waals surface area (Å²) >= 11 is 0. The molecule has 0 amide bonds. The predicted molar refractivity (Wildman–Crippen MR) is 69.2 cm³/mol. The summed E-state index contributed by atoms with van der Waals surface area (Å²) in [5.41, 5.74) is 3.83. The zero-order valence-corrected chi connectivity index (χ0v) is 11.1. The fraction of sp³-hybridized carbons (Fsp3) is 0.571. The number of nitrogens with one attached hydrogen (secondary N) is 1. The van der Waals surface area contributed by atoms with Crippen LogP contribution in [0.2, 0.25) is 0 Å². The summed E-state index contributed by atoms with van der Waals surface area (Å²) in [4.78, 5) is 0. The van der Waals surface area contributed by atoms with Crippen LogP contribution in [0, 0.1) is 13.8 Å². The fourth-order valence-electron chi connectivity index (χ4n) is 2.13. The highest BCUT2D eigenvalue weighted by atomic mass is 16.5. The normalized spacial score (nSPS) is 12.6. The van der Waals surface area contributed by atoms with Crippen molar-refractivity contribution in [2.45, 2.75) is 40.2 Å². The van der Waals surface area contributed by atoms with Gasteiger partial charge in [0, 0.05) is 11.6 Å². The predicted octanol–water partition coefficient (Wildman–Crippen LogP) is 3.37. The molecule has 2 heteroatoms. The lowest BCUT2D eigenvalue weighted by atomic mass is 9.98. The van der Waals surface area contributed by atoms with Gasteiger partial charge < -0.3 is 10.1 Å². The van der Waals surface area contributed by atoms with Gasteiger partial charge in [-0.3, -0.25) is 0 Å². The maximum atomic E-state index is 5.47. The molecule has 0 heterocycles. The molecule has 16 heavy (non-hydrogen) atoms. The number of benzene rings is 1. The molecule has 1 N–H and O–H groups in total. The van der Waals surface area contributed by atoms with E-state index in [9.17, 15) is 0 Å². The van der Waals surface area contributed by atoms with Gasteiger partial charge >= 0.3 is 0 Å². The van der Waals surface area contributed by atoms with Gasteiger partial charge in [-0.1, -0.05) is 13.0 Å². The third kappa shape index (κ3) is 2.99. The van der Waals surface area contributed by atoms with E-state index in [2.05, 4.69) is 45.1 Å². The molecule has 1 atom stereocenters. The molecule has 0 spiro atoms. The molecular weight excluding hydrogens is 198 g/mol. The Hall–Kier alpha value is -1.02. The standard InChI is InChI=1S/C14H23NO/c1-6-7-15-12(4)14-11(3)8-10(2)9-13(14)16-5/h8-9,12,15H,6-7H2,1-5H3. The van der Waals surface area contributed by atoms with Gasteiger partial charge in [0.15, 0.2) is 0 Å². The van der Waals surface area contributed by atoms with Gasteiger partial charge in [0.05, 0.1) is 7.11 Å². The highest BCUT2D eigenvalue weighted by Crippen LogP contribution is 2.29. The van der Waals surface area contributed by atoms with Crippen LogP contribution in [-0.4, -0.2) is 13.7 Å². The lowest BCUT2D eigenvalue weighted by molar-refractivity contribution is 0.400. The Kier molecular flexibility index (Phi) is 4.81. The topological polar surface area (TPSA) is 21.3 Å². The van der Waals surface area contributed by atoms with E-state index in [0.29, 0.717) is 6.04 Å². The summed E-state index contributed by atoms with van der Waals surface area (Å²) in [5, 5.41) is 3.50. The van der Waals surface area contributed by atoms with E-state index in [1.807, 2.05) is 0 Å². The molecule has 0 aliphatic heterocycles. The second-order valence-corrected chi connectivity index (χ2v) is 4.37. The Labute approximate surface area is 99.0 Å². The Bertz CT molecular complexity index is 347. The second-order valence-electron chi connectivity index (χ2n) is 4.37. The molecule has 0 aromatic heterocycles. The molecule has 0 bridgehead atoms. The third-order valence-electron chi connectivity index (χ3n) is 2.85. The number of ether oxygens (including phenoxy) is 1. The van der Waals surface area contributed by atoms with E-state index in [4.69, 9.17) is 4.74 Å². The lowest BCUT2D eigenvalue weighted by Crippen LogP contribution is -2.20. The molecule has 1 aromatic rings. The van der Waals surface area contributed by atoms with E-state index in [1.165, 1.54) is 16.7 Å². The average Bonchev–Trinajstić information content (AvgIpc) is 2.24. The van der Waals surface area contributed by atoms with Crippen LogP contribution >= 0.6 is 0 Å². The summed E-state index contributed by atoms with van der Waals surface area (Å²) in [7, 11) is 1.74. The summed E-state index contributed by atoms with van der Waals surface area (Å²) in [6, 6.07) is 4.66. The van der Waals surface area contributed by atoms with Gasteiger partial charge in [-0.25, -0.2) is 0 Å². The Morgan fingerprint density at radius 2 is 2.00 bits per heavy atom. The van der Waals surface area contributed by atoms with E-state index < -0.39 is 0 Å². The van der Waals surface area contributed by atoms with Gasteiger partial charge in [0.25, 0.3) is 0 Å². The van der Waals surface area contributed by atoms with Crippen LogP contribution in [-0.2, 0) is 0 Å². The Balaban J connectivity index is 3.01. The molecule has 1 aromatic carbocycles. The molecule has 1 rings (SSSR count). The largest absolute Gasteiger partial charge is 0.496 e. The number of hydrogen-bond acceptors (Lipinski definition) is 2. The van der Waals surface area contributed by atoms with E-state index in [0.717, 1.165) is 18.7 Å². The smallest absolute Gasteiger partial charge is 0.124 e. The molecule has 0 aliphatic rings. The molecule has 0 radical (unpaired) electrons. The monoisotopic (exact) mass is 221 g/mol. The van der Waals surface area contributed by atoms with Gasteiger partial charge in [0.1, 0.15) is 5.75 Å². The van der Waals surface area contributed by atoms with Gasteiger partial charge in [0.2, 0.25) is 0 Å².